The van der Waals surface area contributed by atoms with Gasteiger partial charge in [-0.25, -0.2) is 4.79 Å². The number of hydrogen-bond donors (Lipinski definition) is 1. The average Bonchev–Trinajstić information content (AvgIpc) is 2.34. The first-order valence-corrected chi connectivity index (χ1v) is 6.14. The maximum Gasteiger partial charge on any atom is 0.440 e. The van der Waals surface area contributed by atoms with Gasteiger partial charge in [-0.3, -0.25) is 0 Å². The van der Waals surface area contributed by atoms with Gasteiger partial charge in [-0.05, 0) is 31.4 Å². The highest BCUT2D eigenvalue weighted by Gasteiger charge is 2.22. The monoisotopic (exact) mass is 262 g/mol. The normalized spacial score (nSPS) is 11.7. The molecule has 0 radical (unpaired) electrons. The van der Waals surface area contributed by atoms with Gasteiger partial charge < -0.3 is 9.94 Å². The molecule has 0 aromatic heterocycles. The molecule has 0 saturated carbocycles. The molecule has 1 N–H and O–H groups in total. The molecule has 19 heavy (non-hydrogen) atoms. The van der Waals surface area contributed by atoms with Crippen molar-refractivity contribution in [1.29, 1.82) is 5.26 Å². The van der Waals surface area contributed by atoms with E-state index in [1.165, 1.54) is 6.07 Å². The Kier molecular flexibility index (Phi) is 5.19. The van der Waals surface area contributed by atoms with E-state index < -0.39 is 6.09 Å². The van der Waals surface area contributed by atoms with Gasteiger partial charge in [0.2, 0.25) is 0 Å². The molecule has 0 bridgehead atoms. The molecule has 102 valence electrons. The van der Waals surface area contributed by atoms with Crippen LogP contribution in [0.5, 0.6) is 5.75 Å². The molecule has 1 aromatic rings. The second-order valence-corrected chi connectivity index (χ2v) is 4.82. The van der Waals surface area contributed by atoms with Gasteiger partial charge in [-0.15, -0.1) is 5.06 Å². The fraction of sp³-hybridized carbons (Fsp3) is 0.429. The maximum absolute atomic E-state index is 11.2. The highest BCUT2D eigenvalue weighted by molar-refractivity contribution is 5.64. The predicted molar refractivity (Wildman–Crippen MR) is 70.6 cm³/mol. The van der Waals surface area contributed by atoms with Crippen molar-refractivity contribution < 1.29 is 14.7 Å². The van der Waals surface area contributed by atoms with Crippen LogP contribution in [0.3, 0.4) is 0 Å². The van der Waals surface area contributed by atoms with E-state index in [2.05, 4.69) is 0 Å². The zero-order valence-corrected chi connectivity index (χ0v) is 11.3. The molecule has 0 aliphatic carbocycles. The van der Waals surface area contributed by atoms with Gasteiger partial charge >= 0.3 is 6.09 Å². The van der Waals surface area contributed by atoms with Crippen LogP contribution < -0.4 is 4.84 Å². The Morgan fingerprint density at radius 1 is 1.47 bits per heavy atom. The lowest BCUT2D eigenvalue weighted by Gasteiger charge is -2.26. The van der Waals surface area contributed by atoms with Crippen LogP contribution in [0.4, 0.5) is 4.79 Å². The summed E-state index contributed by atoms with van der Waals surface area (Å²) in [4.78, 5) is 16.6. The van der Waals surface area contributed by atoms with Crippen molar-refractivity contribution in [2.45, 2.75) is 33.2 Å². The first-order valence-electron chi connectivity index (χ1n) is 6.14. The third-order valence-electron chi connectivity index (χ3n) is 2.57. The summed E-state index contributed by atoms with van der Waals surface area (Å²) >= 11 is 0. The predicted octanol–water partition coefficient (Wildman–Crippen LogP) is 3.27. The van der Waals surface area contributed by atoms with Crippen LogP contribution in [0.1, 0.15) is 32.8 Å². The number of rotatable bonds is 5. The van der Waals surface area contributed by atoms with Crippen LogP contribution in [0.25, 0.3) is 0 Å². The highest BCUT2D eigenvalue weighted by Crippen LogP contribution is 2.18. The first-order chi connectivity index (χ1) is 8.93. The van der Waals surface area contributed by atoms with Gasteiger partial charge in [0.25, 0.3) is 0 Å². The Bertz CT molecular complexity index is 480. The molecule has 5 heteroatoms. The minimum Gasteiger partial charge on any atom is -0.463 e. The van der Waals surface area contributed by atoms with Crippen molar-refractivity contribution in [3.8, 4) is 11.8 Å². The number of amides is 1. The topological polar surface area (TPSA) is 73.6 Å². The van der Waals surface area contributed by atoms with E-state index in [9.17, 15) is 9.90 Å². The second-order valence-electron chi connectivity index (χ2n) is 4.82. The fourth-order valence-corrected chi connectivity index (χ4v) is 1.83. The number of nitriles is 1. The molecule has 0 fully saturated rings. The quantitative estimate of drug-likeness (QED) is 0.826. The number of carboxylic acid groups (broad SMARTS) is 1. The molecule has 1 amide bonds. The summed E-state index contributed by atoms with van der Waals surface area (Å²) in [5.74, 6) is 0.711. The molecular formula is C14H18N2O3. The Morgan fingerprint density at radius 2 is 2.16 bits per heavy atom. The molecule has 5 nitrogen and oxygen atoms in total. The number of hydrogen-bond acceptors (Lipinski definition) is 3. The van der Waals surface area contributed by atoms with Crippen molar-refractivity contribution >= 4 is 6.09 Å². The summed E-state index contributed by atoms with van der Waals surface area (Å²) in [6, 6.07) is 8.15. The van der Waals surface area contributed by atoms with Gasteiger partial charge in [0, 0.05) is 6.07 Å². The summed E-state index contributed by atoms with van der Waals surface area (Å²) in [7, 11) is 0. The summed E-state index contributed by atoms with van der Waals surface area (Å²) < 4.78 is 0. The summed E-state index contributed by atoms with van der Waals surface area (Å²) in [6.45, 7) is 5.84. The fourth-order valence-electron chi connectivity index (χ4n) is 1.83. The zero-order chi connectivity index (χ0) is 14.4. The maximum atomic E-state index is 11.2. The number of nitrogens with zero attached hydrogens (tertiary/aromatic N) is 2. The summed E-state index contributed by atoms with van der Waals surface area (Å²) in [6.07, 6.45) is -0.444. The molecule has 0 saturated heterocycles. The minimum absolute atomic E-state index is 0.261. The summed E-state index contributed by atoms with van der Waals surface area (Å²) in [5, 5.41) is 18.9. The number of benzene rings is 1. The Hall–Kier alpha value is -2.22. The zero-order valence-electron chi connectivity index (χ0n) is 11.3. The van der Waals surface area contributed by atoms with Gasteiger partial charge in [0.05, 0.1) is 17.7 Å². The third-order valence-corrected chi connectivity index (χ3v) is 2.57. The van der Waals surface area contributed by atoms with Crippen LogP contribution in [0, 0.1) is 17.2 Å². The van der Waals surface area contributed by atoms with E-state index in [0.29, 0.717) is 23.7 Å². The van der Waals surface area contributed by atoms with E-state index in [1.54, 1.807) is 25.1 Å². The first kappa shape index (κ1) is 14.8. The van der Waals surface area contributed by atoms with Crippen molar-refractivity contribution in [1.82, 2.24) is 5.06 Å². The van der Waals surface area contributed by atoms with E-state index in [0.717, 1.165) is 5.06 Å². The molecular weight excluding hydrogens is 244 g/mol. The third kappa shape index (κ3) is 4.51. The van der Waals surface area contributed by atoms with Crippen molar-refractivity contribution in [2.24, 2.45) is 5.92 Å². The van der Waals surface area contributed by atoms with Crippen LogP contribution >= 0.6 is 0 Å². The van der Waals surface area contributed by atoms with E-state index in [4.69, 9.17) is 10.1 Å². The molecule has 0 heterocycles. The lowest BCUT2D eigenvalue weighted by Crippen LogP contribution is -2.41. The van der Waals surface area contributed by atoms with Gasteiger partial charge in [0.1, 0.15) is 0 Å². The van der Waals surface area contributed by atoms with Gasteiger partial charge in [-0.1, -0.05) is 19.9 Å². The molecule has 1 rings (SSSR count). The molecule has 0 aliphatic rings. The largest absolute Gasteiger partial charge is 0.463 e. The number of carbonyl (C=O) groups is 1. The smallest absolute Gasteiger partial charge is 0.440 e. The van der Waals surface area contributed by atoms with Crippen molar-refractivity contribution in [2.75, 3.05) is 0 Å². The van der Waals surface area contributed by atoms with E-state index in [-0.39, 0.29) is 6.04 Å². The van der Waals surface area contributed by atoms with Gasteiger partial charge in [-0.2, -0.15) is 5.26 Å². The minimum atomic E-state index is -1.14. The van der Waals surface area contributed by atoms with E-state index >= 15 is 0 Å². The molecule has 1 unspecified atom stereocenters. The Morgan fingerprint density at radius 3 is 2.68 bits per heavy atom. The van der Waals surface area contributed by atoms with Crippen LogP contribution in [0.2, 0.25) is 0 Å². The van der Waals surface area contributed by atoms with Crippen molar-refractivity contribution in [3.63, 3.8) is 0 Å². The second kappa shape index (κ2) is 6.64. The number of hydroxylamine groups is 2. The molecule has 0 aliphatic heterocycles. The summed E-state index contributed by atoms with van der Waals surface area (Å²) in [5.41, 5.74) is 0.430. The van der Waals surface area contributed by atoms with Crippen LogP contribution in [0.15, 0.2) is 24.3 Å². The standard InChI is InChI=1S/C14H18N2O3/c1-10(2)7-11(3)16(14(17)18)19-13-6-4-5-12(8-13)9-15/h4-6,8,10-11H,7H2,1-3H3,(H,17,18). The highest BCUT2D eigenvalue weighted by atomic mass is 16.7. The van der Waals surface area contributed by atoms with Gasteiger partial charge in [0.15, 0.2) is 5.75 Å². The van der Waals surface area contributed by atoms with Crippen LogP contribution in [-0.4, -0.2) is 22.3 Å². The molecule has 1 aromatic carbocycles. The van der Waals surface area contributed by atoms with E-state index in [1.807, 2.05) is 19.9 Å². The Balaban J connectivity index is 2.84. The molecule has 1 atom stereocenters. The van der Waals surface area contributed by atoms with Crippen molar-refractivity contribution in [3.05, 3.63) is 29.8 Å². The Labute approximate surface area is 113 Å². The lowest BCUT2D eigenvalue weighted by molar-refractivity contribution is -0.0682. The molecule has 0 spiro atoms. The SMILES string of the molecule is CC(C)CC(C)N(Oc1cccc(C#N)c1)C(=O)O. The average molecular weight is 262 g/mol. The lowest BCUT2D eigenvalue weighted by atomic mass is 10.1. The van der Waals surface area contributed by atoms with Crippen LogP contribution in [-0.2, 0) is 0 Å².